The Kier molecular flexibility index (Phi) is 6.61. The summed E-state index contributed by atoms with van der Waals surface area (Å²) in [5.41, 5.74) is 7.02. The predicted octanol–water partition coefficient (Wildman–Crippen LogP) is 2.53. The Morgan fingerprint density at radius 3 is 2.68 bits per heavy atom. The molecule has 0 radical (unpaired) electrons. The summed E-state index contributed by atoms with van der Waals surface area (Å²) in [6.45, 7) is 1.62. The van der Waals surface area contributed by atoms with E-state index in [0.29, 0.717) is 22.3 Å². The molecule has 0 saturated heterocycles. The smallest absolute Gasteiger partial charge is 0.242 e. The van der Waals surface area contributed by atoms with Gasteiger partial charge in [-0.15, -0.1) is 23.7 Å². The molecule has 1 heterocycles. The topological polar surface area (TPSA) is 86.5 Å². The number of nitrogens with zero attached hydrogens (tertiary/aromatic N) is 1. The number of carbonyl (C=O) groups is 1. The number of halogens is 1. The van der Waals surface area contributed by atoms with Crippen LogP contribution in [0.4, 0.5) is 5.13 Å². The molecule has 3 N–H and O–H groups in total. The molecular formula is C14H18ClN3O3S. The summed E-state index contributed by atoms with van der Waals surface area (Å²) in [6, 6.07) is 4.88. The molecule has 1 atom stereocenters. The minimum absolute atomic E-state index is 0. The van der Waals surface area contributed by atoms with Gasteiger partial charge in [-0.05, 0) is 25.1 Å². The zero-order valence-corrected chi connectivity index (χ0v) is 14.1. The molecule has 0 saturated carbocycles. The van der Waals surface area contributed by atoms with E-state index in [4.69, 9.17) is 15.2 Å². The van der Waals surface area contributed by atoms with E-state index in [-0.39, 0.29) is 18.3 Å². The fourth-order valence-corrected chi connectivity index (χ4v) is 2.40. The standard InChI is InChI=1S/C14H17N3O3S.ClH/c1-8(15)13(18)17-14-16-11(7-21-14)10-6-9(19-2)4-5-12(10)20-3;/h4-8H,15H2,1-3H3,(H,16,17,18);1H/t8-;/m1./s1. The van der Waals surface area contributed by atoms with Gasteiger partial charge in [0.05, 0.1) is 26.0 Å². The van der Waals surface area contributed by atoms with Crippen molar-refractivity contribution in [1.29, 1.82) is 0 Å². The Hall–Kier alpha value is -1.83. The molecule has 0 spiro atoms. The Morgan fingerprint density at radius 1 is 1.36 bits per heavy atom. The van der Waals surface area contributed by atoms with Crippen LogP contribution < -0.4 is 20.5 Å². The molecule has 0 fully saturated rings. The van der Waals surface area contributed by atoms with Crippen LogP contribution in [0.2, 0.25) is 0 Å². The van der Waals surface area contributed by atoms with Gasteiger partial charge >= 0.3 is 0 Å². The van der Waals surface area contributed by atoms with Gasteiger partial charge in [0, 0.05) is 10.9 Å². The van der Waals surface area contributed by atoms with Gasteiger partial charge < -0.3 is 20.5 Å². The van der Waals surface area contributed by atoms with Crippen molar-refractivity contribution in [2.45, 2.75) is 13.0 Å². The van der Waals surface area contributed by atoms with Crippen molar-refractivity contribution in [1.82, 2.24) is 4.98 Å². The second-order valence-electron chi connectivity index (χ2n) is 4.38. The van der Waals surface area contributed by atoms with Crippen molar-refractivity contribution in [3.05, 3.63) is 23.6 Å². The van der Waals surface area contributed by atoms with E-state index in [0.717, 1.165) is 5.56 Å². The highest BCUT2D eigenvalue weighted by Gasteiger charge is 2.14. The van der Waals surface area contributed by atoms with Crippen LogP contribution >= 0.6 is 23.7 Å². The van der Waals surface area contributed by atoms with E-state index in [1.807, 2.05) is 23.6 Å². The van der Waals surface area contributed by atoms with Gasteiger partial charge in [0.15, 0.2) is 5.13 Å². The van der Waals surface area contributed by atoms with E-state index in [1.54, 1.807) is 21.1 Å². The maximum atomic E-state index is 11.6. The second-order valence-corrected chi connectivity index (χ2v) is 5.24. The first kappa shape index (κ1) is 18.2. The number of hydrogen-bond acceptors (Lipinski definition) is 6. The predicted molar refractivity (Wildman–Crippen MR) is 90.2 cm³/mol. The van der Waals surface area contributed by atoms with Crippen LogP contribution in [0.15, 0.2) is 23.6 Å². The van der Waals surface area contributed by atoms with Crippen LogP contribution in [0.3, 0.4) is 0 Å². The van der Waals surface area contributed by atoms with Gasteiger partial charge in [-0.25, -0.2) is 4.98 Å². The number of thiazole rings is 1. The second kappa shape index (κ2) is 7.98. The Balaban J connectivity index is 0.00000242. The fourth-order valence-electron chi connectivity index (χ4n) is 1.69. The quantitative estimate of drug-likeness (QED) is 0.871. The number of nitrogens with two attached hydrogens (primary N) is 1. The molecular weight excluding hydrogens is 326 g/mol. The van der Waals surface area contributed by atoms with Crippen LogP contribution in [0.25, 0.3) is 11.3 Å². The number of ether oxygens (including phenoxy) is 2. The van der Waals surface area contributed by atoms with Crippen LogP contribution in [0.5, 0.6) is 11.5 Å². The lowest BCUT2D eigenvalue weighted by Gasteiger charge is -2.08. The zero-order valence-electron chi connectivity index (χ0n) is 12.5. The first-order chi connectivity index (χ1) is 10.0. The highest BCUT2D eigenvalue weighted by Crippen LogP contribution is 2.34. The Labute approximate surface area is 139 Å². The summed E-state index contributed by atoms with van der Waals surface area (Å²) in [4.78, 5) is 15.9. The van der Waals surface area contributed by atoms with E-state index in [1.165, 1.54) is 11.3 Å². The maximum absolute atomic E-state index is 11.6. The Morgan fingerprint density at radius 2 is 2.09 bits per heavy atom. The van der Waals surface area contributed by atoms with Crippen molar-refractivity contribution in [2.24, 2.45) is 5.73 Å². The molecule has 1 aromatic heterocycles. The third kappa shape index (κ3) is 4.09. The average molecular weight is 344 g/mol. The van der Waals surface area contributed by atoms with Crippen molar-refractivity contribution in [3.8, 4) is 22.8 Å². The lowest BCUT2D eigenvalue weighted by molar-refractivity contribution is -0.117. The van der Waals surface area contributed by atoms with Gasteiger partial charge in [-0.3, -0.25) is 4.79 Å². The van der Waals surface area contributed by atoms with Gasteiger partial charge in [-0.1, -0.05) is 0 Å². The number of carbonyl (C=O) groups excluding carboxylic acids is 1. The summed E-state index contributed by atoms with van der Waals surface area (Å²) in [7, 11) is 3.19. The van der Waals surface area contributed by atoms with Crippen molar-refractivity contribution in [2.75, 3.05) is 19.5 Å². The number of rotatable bonds is 5. The number of nitrogens with one attached hydrogen (secondary N) is 1. The average Bonchev–Trinajstić information content (AvgIpc) is 2.94. The van der Waals surface area contributed by atoms with E-state index in [2.05, 4.69) is 10.3 Å². The highest BCUT2D eigenvalue weighted by molar-refractivity contribution is 7.14. The maximum Gasteiger partial charge on any atom is 0.242 e. The molecule has 0 bridgehead atoms. The fraction of sp³-hybridized carbons (Fsp3) is 0.286. The number of benzene rings is 1. The summed E-state index contributed by atoms with van der Waals surface area (Å²) in [6.07, 6.45) is 0. The van der Waals surface area contributed by atoms with Crippen LogP contribution in [0, 0.1) is 0 Å². The van der Waals surface area contributed by atoms with E-state index in [9.17, 15) is 4.79 Å². The number of aromatic nitrogens is 1. The summed E-state index contributed by atoms with van der Waals surface area (Å²) in [5.74, 6) is 1.12. The number of amides is 1. The summed E-state index contributed by atoms with van der Waals surface area (Å²) < 4.78 is 10.5. The molecule has 2 rings (SSSR count). The summed E-state index contributed by atoms with van der Waals surface area (Å²) in [5, 5.41) is 5.01. The minimum atomic E-state index is -0.580. The van der Waals surface area contributed by atoms with Gasteiger partial charge in [0.2, 0.25) is 5.91 Å². The van der Waals surface area contributed by atoms with Crippen molar-refractivity contribution >= 4 is 34.8 Å². The third-order valence-corrected chi connectivity index (χ3v) is 3.59. The third-order valence-electron chi connectivity index (χ3n) is 2.83. The van der Waals surface area contributed by atoms with Crippen molar-refractivity contribution < 1.29 is 14.3 Å². The molecule has 0 aliphatic rings. The molecule has 8 heteroatoms. The van der Waals surface area contributed by atoms with Gasteiger partial charge in [0.1, 0.15) is 11.5 Å². The normalized spacial score (nSPS) is 11.3. The largest absolute Gasteiger partial charge is 0.497 e. The summed E-state index contributed by atoms with van der Waals surface area (Å²) >= 11 is 1.33. The number of anilines is 1. The lowest BCUT2D eigenvalue weighted by Crippen LogP contribution is -2.32. The Bertz CT molecular complexity index is 646. The SMILES string of the molecule is COc1ccc(OC)c(-c2csc(NC(=O)[C@@H](C)N)n2)c1.Cl. The first-order valence-corrected chi connectivity index (χ1v) is 7.17. The van der Waals surface area contributed by atoms with Crippen LogP contribution in [0.1, 0.15) is 6.92 Å². The molecule has 1 aromatic carbocycles. The van der Waals surface area contributed by atoms with Gasteiger partial charge in [0.25, 0.3) is 0 Å². The molecule has 0 aliphatic heterocycles. The molecule has 22 heavy (non-hydrogen) atoms. The molecule has 120 valence electrons. The van der Waals surface area contributed by atoms with E-state index < -0.39 is 6.04 Å². The van der Waals surface area contributed by atoms with Crippen LogP contribution in [-0.2, 0) is 4.79 Å². The first-order valence-electron chi connectivity index (χ1n) is 6.29. The molecule has 0 aliphatic carbocycles. The van der Waals surface area contributed by atoms with Crippen LogP contribution in [-0.4, -0.2) is 31.2 Å². The monoisotopic (exact) mass is 343 g/mol. The number of hydrogen-bond donors (Lipinski definition) is 2. The molecule has 2 aromatic rings. The lowest BCUT2D eigenvalue weighted by atomic mass is 10.1. The van der Waals surface area contributed by atoms with E-state index >= 15 is 0 Å². The molecule has 6 nitrogen and oxygen atoms in total. The minimum Gasteiger partial charge on any atom is -0.497 e. The van der Waals surface area contributed by atoms with Crippen molar-refractivity contribution in [3.63, 3.8) is 0 Å². The number of methoxy groups -OCH3 is 2. The molecule has 0 unspecified atom stereocenters. The zero-order chi connectivity index (χ0) is 15.4. The van der Waals surface area contributed by atoms with Gasteiger partial charge in [-0.2, -0.15) is 0 Å². The highest BCUT2D eigenvalue weighted by atomic mass is 35.5. The molecule has 1 amide bonds.